The van der Waals surface area contributed by atoms with Gasteiger partial charge in [0.2, 0.25) is 0 Å². The first-order valence-electron chi connectivity index (χ1n) is 7.67. The molecule has 1 N–H and O–H groups in total. The molecule has 1 aliphatic heterocycles. The fraction of sp³-hybridized carbons (Fsp3) is 0.278. The van der Waals surface area contributed by atoms with Gasteiger partial charge in [0.1, 0.15) is 0 Å². The second-order valence-corrected chi connectivity index (χ2v) is 6.01. The molecule has 2 aromatic rings. The predicted octanol–water partition coefficient (Wildman–Crippen LogP) is 3.59. The number of benzene rings is 2. The Morgan fingerprint density at radius 2 is 1.64 bits per heavy atom. The van der Waals surface area contributed by atoms with Crippen LogP contribution in [0.3, 0.4) is 0 Å². The van der Waals surface area contributed by atoms with Gasteiger partial charge >= 0.3 is 0 Å². The van der Waals surface area contributed by atoms with E-state index in [9.17, 15) is 0 Å². The molecule has 0 radical (unpaired) electrons. The first-order valence-corrected chi connectivity index (χ1v) is 8.07. The molecule has 22 heavy (non-hydrogen) atoms. The van der Waals surface area contributed by atoms with E-state index in [0.717, 1.165) is 30.4 Å². The van der Waals surface area contributed by atoms with Crippen LogP contribution in [0.25, 0.3) is 0 Å². The zero-order chi connectivity index (χ0) is 15.4. The molecule has 1 saturated heterocycles. The number of para-hydroxylation sites is 2. The third kappa shape index (κ3) is 3.39. The standard InChI is InChI=1S/C18H21N3S/c1-15-14-20(18(22)19-16-8-4-2-5-9-16)12-13-21(15)17-10-6-3-7-11-17/h2-11,15H,12-14H2,1H3,(H,19,22). The van der Waals surface area contributed by atoms with Gasteiger partial charge in [0.05, 0.1) is 0 Å². The van der Waals surface area contributed by atoms with Crippen LogP contribution in [-0.4, -0.2) is 35.7 Å². The molecule has 1 fully saturated rings. The van der Waals surface area contributed by atoms with Crippen LogP contribution in [0.5, 0.6) is 0 Å². The summed E-state index contributed by atoms with van der Waals surface area (Å²) in [5.74, 6) is 0. The quantitative estimate of drug-likeness (QED) is 0.854. The first kappa shape index (κ1) is 14.9. The summed E-state index contributed by atoms with van der Waals surface area (Å²) in [5.41, 5.74) is 2.34. The highest BCUT2D eigenvalue weighted by Gasteiger charge is 2.25. The topological polar surface area (TPSA) is 18.5 Å². The highest BCUT2D eigenvalue weighted by Crippen LogP contribution is 2.20. The van der Waals surface area contributed by atoms with Crippen molar-refractivity contribution in [3.8, 4) is 0 Å². The molecule has 0 saturated carbocycles. The van der Waals surface area contributed by atoms with Crippen LogP contribution in [0.2, 0.25) is 0 Å². The summed E-state index contributed by atoms with van der Waals surface area (Å²) in [6, 6.07) is 21.1. The minimum absolute atomic E-state index is 0.437. The minimum atomic E-state index is 0.437. The van der Waals surface area contributed by atoms with Gasteiger partial charge in [-0.05, 0) is 43.4 Å². The van der Waals surface area contributed by atoms with Gasteiger partial charge in [0, 0.05) is 37.1 Å². The lowest BCUT2D eigenvalue weighted by Crippen LogP contribution is -2.54. The number of hydrogen-bond acceptors (Lipinski definition) is 2. The third-order valence-corrected chi connectivity index (χ3v) is 4.39. The largest absolute Gasteiger partial charge is 0.365 e. The van der Waals surface area contributed by atoms with Gasteiger partial charge in [0.15, 0.2) is 5.11 Å². The van der Waals surface area contributed by atoms with E-state index in [1.54, 1.807) is 0 Å². The molecule has 1 heterocycles. The van der Waals surface area contributed by atoms with Crippen LogP contribution in [0, 0.1) is 0 Å². The Kier molecular flexibility index (Phi) is 4.59. The fourth-order valence-corrected chi connectivity index (χ4v) is 3.15. The van der Waals surface area contributed by atoms with E-state index in [2.05, 4.69) is 52.4 Å². The summed E-state index contributed by atoms with van der Waals surface area (Å²) < 4.78 is 0. The molecule has 3 nitrogen and oxygen atoms in total. The average molecular weight is 311 g/mol. The van der Waals surface area contributed by atoms with E-state index in [1.165, 1.54) is 5.69 Å². The van der Waals surface area contributed by atoms with Crippen LogP contribution in [0.15, 0.2) is 60.7 Å². The van der Waals surface area contributed by atoms with Gasteiger partial charge in [-0.3, -0.25) is 0 Å². The highest BCUT2D eigenvalue weighted by molar-refractivity contribution is 7.80. The maximum Gasteiger partial charge on any atom is 0.173 e. The lowest BCUT2D eigenvalue weighted by molar-refractivity contribution is 0.342. The monoisotopic (exact) mass is 311 g/mol. The van der Waals surface area contributed by atoms with Crippen molar-refractivity contribution in [2.45, 2.75) is 13.0 Å². The normalized spacial score (nSPS) is 18.1. The van der Waals surface area contributed by atoms with E-state index in [-0.39, 0.29) is 0 Å². The number of thiocarbonyl (C=S) groups is 1. The van der Waals surface area contributed by atoms with Gasteiger partial charge < -0.3 is 15.1 Å². The molecule has 114 valence electrons. The van der Waals surface area contributed by atoms with Crippen molar-refractivity contribution in [1.29, 1.82) is 0 Å². The molecule has 3 rings (SSSR count). The summed E-state index contributed by atoms with van der Waals surface area (Å²) >= 11 is 5.56. The second kappa shape index (κ2) is 6.79. The summed E-state index contributed by atoms with van der Waals surface area (Å²) in [7, 11) is 0. The minimum Gasteiger partial charge on any atom is -0.365 e. The summed E-state index contributed by atoms with van der Waals surface area (Å²) in [6.07, 6.45) is 0. The van der Waals surface area contributed by atoms with Crippen molar-refractivity contribution in [2.24, 2.45) is 0 Å². The van der Waals surface area contributed by atoms with Crippen LogP contribution < -0.4 is 10.2 Å². The Morgan fingerprint density at radius 1 is 1.00 bits per heavy atom. The maximum absolute atomic E-state index is 5.56. The van der Waals surface area contributed by atoms with E-state index in [0.29, 0.717) is 6.04 Å². The Hall–Kier alpha value is -2.07. The molecule has 2 aromatic carbocycles. The third-order valence-electron chi connectivity index (χ3n) is 4.03. The number of hydrogen-bond donors (Lipinski definition) is 1. The van der Waals surface area contributed by atoms with Crippen LogP contribution in [0.4, 0.5) is 11.4 Å². The lowest BCUT2D eigenvalue weighted by Gasteiger charge is -2.42. The van der Waals surface area contributed by atoms with Crippen molar-refractivity contribution in [3.05, 3.63) is 60.7 Å². The maximum atomic E-state index is 5.56. The Bertz CT molecular complexity index is 615. The average Bonchev–Trinajstić information content (AvgIpc) is 2.56. The molecule has 0 spiro atoms. The number of rotatable bonds is 2. The molecule has 4 heteroatoms. The Morgan fingerprint density at radius 3 is 2.27 bits per heavy atom. The van der Waals surface area contributed by atoms with E-state index in [1.807, 2.05) is 30.3 Å². The highest BCUT2D eigenvalue weighted by atomic mass is 32.1. The van der Waals surface area contributed by atoms with Gasteiger partial charge in [-0.25, -0.2) is 0 Å². The van der Waals surface area contributed by atoms with E-state index >= 15 is 0 Å². The number of anilines is 2. The molecule has 0 amide bonds. The summed E-state index contributed by atoms with van der Waals surface area (Å²) in [4.78, 5) is 4.70. The number of nitrogens with zero attached hydrogens (tertiary/aromatic N) is 2. The molecule has 0 bridgehead atoms. The van der Waals surface area contributed by atoms with Crippen LogP contribution in [0.1, 0.15) is 6.92 Å². The van der Waals surface area contributed by atoms with Crippen LogP contribution in [-0.2, 0) is 0 Å². The van der Waals surface area contributed by atoms with Crippen molar-refractivity contribution >= 4 is 28.7 Å². The van der Waals surface area contributed by atoms with Gasteiger partial charge in [-0.1, -0.05) is 36.4 Å². The van der Waals surface area contributed by atoms with Crippen molar-refractivity contribution in [3.63, 3.8) is 0 Å². The predicted molar refractivity (Wildman–Crippen MR) is 97.5 cm³/mol. The van der Waals surface area contributed by atoms with Crippen molar-refractivity contribution in [2.75, 3.05) is 29.9 Å². The molecular weight excluding hydrogens is 290 g/mol. The summed E-state index contributed by atoms with van der Waals surface area (Å²) in [6.45, 7) is 5.12. The first-order chi connectivity index (χ1) is 10.7. The molecule has 0 aromatic heterocycles. The number of nitrogens with one attached hydrogen (secondary N) is 1. The zero-order valence-electron chi connectivity index (χ0n) is 12.8. The van der Waals surface area contributed by atoms with Crippen molar-refractivity contribution < 1.29 is 0 Å². The SMILES string of the molecule is CC1CN(C(=S)Nc2ccccc2)CCN1c1ccccc1. The Labute approximate surface area is 137 Å². The van der Waals surface area contributed by atoms with Gasteiger partial charge in [0.25, 0.3) is 0 Å². The second-order valence-electron chi connectivity index (χ2n) is 5.62. The molecule has 0 aliphatic carbocycles. The fourth-order valence-electron chi connectivity index (χ4n) is 2.87. The van der Waals surface area contributed by atoms with Gasteiger partial charge in [-0.15, -0.1) is 0 Å². The lowest BCUT2D eigenvalue weighted by atomic mass is 10.1. The molecular formula is C18H21N3S. The van der Waals surface area contributed by atoms with E-state index in [4.69, 9.17) is 12.2 Å². The van der Waals surface area contributed by atoms with Crippen LogP contribution >= 0.6 is 12.2 Å². The van der Waals surface area contributed by atoms with Gasteiger partial charge in [-0.2, -0.15) is 0 Å². The summed E-state index contributed by atoms with van der Waals surface area (Å²) in [5, 5.41) is 4.14. The smallest absolute Gasteiger partial charge is 0.173 e. The van der Waals surface area contributed by atoms with Crippen molar-refractivity contribution in [1.82, 2.24) is 4.90 Å². The molecule has 1 unspecified atom stereocenters. The Balaban J connectivity index is 1.61. The number of piperazine rings is 1. The van der Waals surface area contributed by atoms with E-state index < -0.39 is 0 Å². The molecule has 1 atom stereocenters. The molecule has 1 aliphatic rings. The zero-order valence-corrected chi connectivity index (χ0v) is 13.6.